The van der Waals surface area contributed by atoms with Crippen molar-refractivity contribution in [1.82, 2.24) is 9.97 Å². The molecule has 0 N–H and O–H groups in total. The number of rotatable bonds is 2. The van der Waals surface area contributed by atoms with Crippen LogP contribution in [0.5, 0.6) is 0 Å². The van der Waals surface area contributed by atoms with Gasteiger partial charge in [-0.2, -0.15) is 0 Å². The molecule has 2 aliphatic rings. The highest BCUT2D eigenvalue weighted by atomic mass is 32.1. The summed E-state index contributed by atoms with van der Waals surface area (Å²) in [5.74, 6) is 2.78. The molecule has 0 unspecified atom stereocenters. The minimum absolute atomic E-state index is 0.603. The van der Waals surface area contributed by atoms with E-state index < -0.39 is 0 Å². The van der Waals surface area contributed by atoms with Crippen LogP contribution in [0.2, 0.25) is 0 Å². The molecule has 1 aliphatic carbocycles. The zero-order valence-electron chi connectivity index (χ0n) is 11.1. The van der Waals surface area contributed by atoms with Crippen LogP contribution >= 0.6 is 11.3 Å². The van der Waals surface area contributed by atoms with Crippen LogP contribution in [0.1, 0.15) is 29.5 Å². The summed E-state index contributed by atoms with van der Waals surface area (Å²) in [5, 5.41) is 1.22. The van der Waals surface area contributed by atoms with E-state index in [2.05, 4.69) is 17.9 Å². The highest BCUT2D eigenvalue weighted by Gasteiger charge is 2.29. The minimum Gasteiger partial charge on any atom is -0.378 e. The molecule has 0 radical (unpaired) electrons. The monoisotopic (exact) mass is 275 g/mol. The van der Waals surface area contributed by atoms with Crippen LogP contribution in [0.25, 0.3) is 10.2 Å². The second-order valence-corrected chi connectivity index (χ2v) is 6.59. The third kappa shape index (κ3) is 2.11. The molecule has 2 aromatic heterocycles. The van der Waals surface area contributed by atoms with E-state index in [9.17, 15) is 0 Å². The summed E-state index contributed by atoms with van der Waals surface area (Å²) in [6.07, 6.45) is 2.50. The van der Waals surface area contributed by atoms with E-state index >= 15 is 0 Å². The molecule has 2 aromatic rings. The lowest BCUT2D eigenvalue weighted by Gasteiger charge is -2.28. The fourth-order valence-corrected chi connectivity index (χ4v) is 3.46. The summed E-state index contributed by atoms with van der Waals surface area (Å²) in [7, 11) is 0. The Morgan fingerprint density at radius 1 is 1.26 bits per heavy atom. The molecule has 4 nitrogen and oxygen atoms in total. The molecule has 1 aliphatic heterocycles. The van der Waals surface area contributed by atoms with E-state index in [-0.39, 0.29) is 0 Å². The van der Waals surface area contributed by atoms with Crippen LogP contribution in [0.4, 0.5) is 5.82 Å². The topological polar surface area (TPSA) is 38.2 Å². The Labute approximate surface area is 116 Å². The Hall–Kier alpha value is -1.20. The van der Waals surface area contributed by atoms with E-state index in [1.54, 1.807) is 11.3 Å². The third-order valence-corrected chi connectivity index (χ3v) is 4.71. The predicted octanol–water partition coefficient (Wildman–Crippen LogP) is 2.71. The molecule has 0 amide bonds. The van der Waals surface area contributed by atoms with Gasteiger partial charge in [-0.15, -0.1) is 11.3 Å². The van der Waals surface area contributed by atoms with Crippen molar-refractivity contribution < 1.29 is 4.74 Å². The van der Waals surface area contributed by atoms with Crippen LogP contribution in [0, 0.1) is 6.92 Å². The molecule has 1 saturated carbocycles. The number of hydrogen-bond acceptors (Lipinski definition) is 5. The maximum atomic E-state index is 5.45. The highest BCUT2D eigenvalue weighted by molar-refractivity contribution is 7.18. The van der Waals surface area contributed by atoms with Crippen LogP contribution in [0.15, 0.2) is 6.07 Å². The molecule has 0 spiro atoms. The van der Waals surface area contributed by atoms with Gasteiger partial charge in [-0.05, 0) is 25.8 Å². The maximum Gasteiger partial charge on any atom is 0.141 e. The summed E-state index contributed by atoms with van der Waals surface area (Å²) < 4.78 is 5.45. The largest absolute Gasteiger partial charge is 0.378 e. The fourth-order valence-electron chi connectivity index (χ4n) is 2.58. The van der Waals surface area contributed by atoms with Gasteiger partial charge in [0.25, 0.3) is 0 Å². The number of nitrogens with zero attached hydrogens (tertiary/aromatic N) is 3. The van der Waals surface area contributed by atoms with Crippen molar-refractivity contribution in [1.29, 1.82) is 0 Å². The van der Waals surface area contributed by atoms with Crippen LogP contribution < -0.4 is 4.90 Å². The number of thiophene rings is 1. The zero-order valence-corrected chi connectivity index (χ0v) is 11.9. The minimum atomic E-state index is 0.603. The Bertz CT molecular complexity index is 614. The number of morpholine rings is 1. The molecule has 0 aromatic carbocycles. The average Bonchev–Trinajstić information content (AvgIpc) is 3.20. The van der Waals surface area contributed by atoms with Crippen molar-refractivity contribution in [2.45, 2.75) is 25.7 Å². The molecule has 100 valence electrons. The molecule has 19 heavy (non-hydrogen) atoms. The molecular formula is C14H17N3OS. The van der Waals surface area contributed by atoms with Crippen LogP contribution in [-0.2, 0) is 4.74 Å². The molecule has 4 rings (SSSR count). The first-order chi connectivity index (χ1) is 9.31. The van der Waals surface area contributed by atoms with Gasteiger partial charge in [-0.1, -0.05) is 0 Å². The zero-order chi connectivity index (χ0) is 12.8. The van der Waals surface area contributed by atoms with Gasteiger partial charge in [0.15, 0.2) is 0 Å². The van der Waals surface area contributed by atoms with Gasteiger partial charge < -0.3 is 9.64 Å². The van der Waals surface area contributed by atoms with Gasteiger partial charge in [-0.3, -0.25) is 0 Å². The van der Waals surface area contributed by atoms with Gasteiger partial charge in [0.1, 0.15) is 16.5 Å². The molecule has 1 saturated heterocycles. The Morgan fingerprint density at radius 2 is 2.05 bits per heavy atom. The average molecular weight is 275 g/mol. The van der Waals surface area contributed by atoms with Crippen molar-refractivity contribution in [3.8, 4) is 0 Å². The number of fused-ring (bicyclic) bond motifs is 1. The van der Waals surface area contributed by atoms with Crippen molar-refractivity contribution >= 4 is 27.4 Å². The van der Waals surface area contributed by atoms with Crippen molar-refractivity contribution in [3.05, 3.63) is 16.8 Å². The number of ether oxygens (including phenoxy) is 1. The summed E-state index contributed by atoms with van der Waals surface area (Å²) >= 11 is 1.78. The Balaban J connectivity index is 1.85. The second-order valence-electron chi connectivity index (χ2n) is 5.35. The van der Waals surface area contributed by atoms with Crippen LogP contribution in [-0.4, -0.2) is 36.3 Å². The lowest BCUT2D eigenvalue weighted by molar-refractivity contribution is 0.122. The summed E-state index contributed by atoms with van der Waals surface area (Å²) in [6, 6.07) is 2.22. The summed E-state index contributed by atoms with van der Waals surface area (Å²) in [5.41, 5.74) is 0. The third-order valence-electron chi connectivity index (χ3n) is 3.77. The van der Waals surface area contributed by atoms with Crippen molar-refractivity contribution in [2.75, 3.05) is 31.2 Å². The SMILES string of the molecule is Cc1cc2c(N3CCOCC3)nc(C3CC3)nc2s1. The van der Waals surface area contributed by atoms with Crippen molar-refractivity contribution in [2.24, 2.45) is 0 Å². The van der Waals surface area contributed by atoms with Crippen LogP contribution in [0.3, 0.4) is 0 Å². The molecule has 5 heteroatoms. The highest BCUT2D eigenvalue weighted by Crippen LogP contribution is 2.41. The van der Waals surface area contributed by atoms with Gasteiger partial charge in [0, 0.05) is 23.9 Å². The van der Waals surface area contributed by atoms with E-state index in [0.717, 1.165) is 42.8 Å². The number of aromatic nitrogens is 2. The standard InChI is InChI=1S/C14H17N3OS/c1-9-8-11-13(17-4-6-18-7-5-17)15-12(10-2-3-10)16-14(11)19-9/h8,10H,2-7H2,1H3. The van der Waals surface area contributed by atoms with Gasteiger partial charge in [0.2, 0.25) is 0 Å². The Morgan fingerprint density at radius 3 is 2.79 bits per heavy atom. The molecule has 0 bridgehead atoms. The number of anilines is 1. The predicted molar refractivity (Wildman–Crippen MR) is 77.2 cm³/mol. The first-order valence-corrected chi connectivity index (χ1v) is 7.74. The molecule has 0 atom stereocenters. The molecular weight excluding hydrogens is 258 g/mol. The Kier molecular flexibility index (Phi) is 2.70. The van der Waals surface area contributed by atoms with Gasteiger partial charge in [-0.25, -0.2) is 9.97 Å². The first kappa shape index (κ1) is 11.6. The second kappa shape index (κ2) is 4.42. The normalized spacial score (nSPS) is 20.2. The van der Waals surface area contributed by atoms with Gasteiger partial charge >= 0.3 is 0 Å². The van der Waals surface area contributed by atoms with E-state index in [1.807, 2.05) is 0 Å². The lowest BCUT2D eigenvalue weighted by atomic mass is 10.3. The number of hydrogen-bond donors (Lipinski definition) is 0. The van der Waals surface area contributed by atoms with E-state index in [0.29, 0.717) is 5.92 Å². The van der Waals surface area contributed by atoms with Gasteiger partial charge in [0.05, 0.1) is 18.6 Å². The molecule has 2 fully saturated rings. The quantitative estimate of drug-likeness (QED) is 0.844. The first-order valence-electron chi connectivity index (χ1n) is 6.92. The summed E-state index contributed by atoms with van der Waals surface area (Å²) in [6.45, 7) is 5.61. The smallest absolute Gasteiger partial charge is 0.141 e. The fraction of sp³-hybridized carbons (Fsp3) is 0.571. The van der Waals surface area contributed by atoms with Crippen molar-refractivity contribution in [3.63, 3.8) is 0 Å². The van der Waals surface area contributed by atoms with E-state index in [4.69, 9.17) is 14.7 Å². The summed E-state index contributed by atoms with van der Waals surface area (Å²) in [4.78, 5) is 14.4. The lowest BCUT2D eigenvalue weighted by Crippen LogP contribution is -2.37. The molecule has 3 heterocycles. The maximum absolute atomic E-state index is 5.45. The number of aryl methyl sites for hydroxylation is 1. The van der Waals surface area contributed by atoms with E-state index in [1.165, 1.54) is 23.1 Å².